The number of nitrogens with zero attached hydrogens (tertiary/aromatic N) is 3. The Balaban J connectivity index is 2.63. The van der Waals surface area contributed by atoms with Gasteiger partial charge in [-0.15, -0.1) is 0 Å². The Morgan fingerprint density at radius 3 is 2.61 bits per heavy atom. The number of pyridine rings is 1. The summed E-state index contributed by atoms with van der Waals surface area (Å²) in [6.07, 6.45) is 0. The van der Waals surface area contributed by atoms with Crippen LogP contribution in [0.4, 0.5) is 0 Å². The number of carbonyl (C=O) groups is 1. The third kappa shape index (κ3) is 2.26. The first-order valence-corrected chi connectivity index (χ1v) is 6.20. The zero-order valence-corrected chi connectivity index (χ0v) is 11.9. The molecule has 2 aromatic rings. The number of hydrogen-bond donors (Lipinski definition) is 1. The third-order valence-electron chi connectivity index (χ3n) is 2.45. The SMILES string of the molecule is Cc1nn(-c2cc(C(=O)O)cc(Cl)n2)c(C)c1Br. The van der Waals surface area contributed by atoms with Crippen LogP contribution in [0.25, 0.3) is 5.82 Å². The smallest absolute Gasteiger partial charge is 0.335 e. The van der Waals surface area contributed by atoms with Crippen LogP contribution < -0.4 is 0 Å². The average molecular weight is 331 g/mol. The van der Waals surface area contributed by atoms with Crippen molar-refractivity contribution in [2.45, 2.75) is 13.8 Å². The fourth-order valence-corrected chi connectivity index (χ4v) is 2.01. The van der Waals surface area contributed by atoms with Crippen LogP contribution in [0.5, 0.6) is 0 Å². The molecular weight excluding hydrogens is 321 g/mol. The standard InChI is InChI=1S/C11H9BrClN3O2/c1-5-10(12)6(2)16(15-5)9-4-7(11(17)18)3-8(13)14-9/h3-4H,1-2H3,(H,17,18). The van der Waals surface area contributed by atoms with Gasteiger partial charge in [-0.2, -0.15) is 5.10 Å². The van der Waals surface area contributed by atoms with Crippen molar-refractivity contribution >= 4 is 33.5 Å². The van der Waals surface area contributed by atoms with Crippen LogP contribution in [-0.4, -0.2) is 25.8 Å². The molecule has 2 heterocycles. The minimum Gasteiger partial charge on any atom is -0.478 e. The number of aryl methyl sites for hydroxylation is 1. The van der Waals surface area contributed by atoms with Crippen molar-refractivity contribution in [3.8, 4) is 5.82 Å². The van der Waals surface area contributed by atoms with Crippen molar-refractivity contribution in [1.29, 1.82) is 0 Å². The van der Waals surface area contributed by atoms with Gasteiger partial charge in [0.2, 0.25) is 0 Å². The molecule has 0 atom stereocenters. The second-order valence-electron chi connectivity index (χ2n) is 3.74. The maximum atomic E-state index is 11.0. The van der Waals surface area contributed by atoms with Gasteiger partial charge >= 0.3 is 5.97 Å². The van der Waals surface area contributed by atoms with Gasteiger partial charge < -0.3 is 5.11 Å². The molecule has 0 aromatic carbocycles. The zero-order chi connectivity index (χ0) is 13.4. The predicted octanol–water partition coefficient (Wildman–Crippen LogP) is 3.00. The van der Waals surface area contributed by atoms with Gasteiger partial charge in [-0.05, 0) is 41.9 Å². The van der Waals surface area contributed by atoms with E-state index in [0.717, 1.165) is 15.9 Å². The van der Waals surface area contributed by atoms with E-state index in [1.165, 1.54) is 12.1 Å². The first-order valence-electron chi connectivity index (χ1n) is 5.03. The highest BCUT2D eigenvalue weighted by atomic mass is 79.9. The molecular formula is C11H9BrClN3O2. The summed E-state index contributed by atoms with van der Waals surface area (Å²) in [5.74, 6) is -0.674. The van der Waals surface area contributed by atoms with E-state index in [1.54, 1.807) is 4.68 Å². The van der Waals surface area contributed by atoms with Crippen molar-refractivity contribution in [3.05, 3.63) is 38.7 Å². The van der Waals surface area contributed by atoms with Crippen molar-refractivity contribution in [2.75, 3.05) is 0 Å². The Morgan fingerprint density at radius 1 is 1.44 bits per heavy atom. The number of carboxylic acid groups (broad SMARTS) is 1. The lowest BCUT2D eigenvalue weighted by atomic mass is 10.2. The van der Waals surface area contributed by atoms with E-state index < -0.39 is 5.97 Å². The number of carboxylic acids is 1. The van der Waals surface area contributed by atoms with Crippen molar-refractivity contribution in [2.24, 2.45) is 0 Å². The van der Waals surface area contributed by atoms with Gasteiger partial charge in [0.1, 0.15) is 5.15 Å². The topological polar surface area (TPSA) is 68.0 Å². The summed E-state index contributed by atoms with van der Waals surface area (Å²) in [6, 6.07) is 2.73. The van der Waals surface area contributed by atoms with Crippen LogP contribution >= 0.6 is 27.5 Å². The Bertz CT molecular complexity index is 639. The highest BCUT2D eigenvalue weighted by Crippen LogP contribution is 2.23. The number of hydrogen-bond acceptors (Lipinski definition) is 3. The lowest BCUT2D eigenvalue weighted by Gasteiger charge is -2.05. The van der Waals surface area contributed by atoms with E-state index in [9.17, 15) is 4.79 Å². The van der Waals surface area contributed by atoms with E-state index in [0.29, 0.717) is 5.82 Å². The van der Waals surface area contributed by atoms with Crippen LogP contribution in [0, 0.1) is 13.8 Å². The van der Waals surface area contributed by atoms with Crippen LogP contribution in [0.3, 0.4) is 0 Å². The van der Waals surface area contributed by atoms with E-state index in [4.69, 9.17) is 16.7 Å². The van der Waals surface area contributed by atoms with Crippen LogP contribution in [-0.2, 0) is 0 Å². The first-order chi connectivity index (χ1) is 8.40. The van der Waals surface area contributed by atoms with E-state index in [2.05, 4.69) is 26.0 Å². The molecule has 0 radical (unpaired) electrons. The van der Waals surface area contributed by atoms with Gasteiger partial charge in [0.25, 0.3) is 0 Å². The number of halogens is 2. The van der Waals surface area contributed by atoms with Crippen molar-refractivity contribution in [1.82, 2.24) is 14.8 Å². The maximum Gasteiger partial charge on any atom is 0.335 e. The summed E-state index contributed by atoms with van der Waals surface area (Å²) in [7, 11) is 0. The molecule has 1 N–H and O–H groups in total. The monoisotopic (exact) mass is 329 g/mol. The normalized spacial score (nSPS) is 10.7. The van der Waals surface area contributed by atoms with Crippen LogP contribution in [0.15, 0.2) is 16.6 Å². The van der Waals surface area contributed by atoms with Gasteiger partial charge in [0, 0.05) is 0 Å². The molecule has 5 nitrogen and oxygen atoms in total. The number of aromatic nitrogens is 3. The summed E-state index contributed by atoms with van der Waals surface area (Å²) in [6.45, 7) is 3.70. The Morgan fingerprint density at radius 2 is 2.11 bits per heavy atom. The Hall–Kier alpha value is -1.40. The minimum absolute atomic E-state index is 0.0775. The molecule has 0 aliphatic rings. The Labute approximate surface area is 117 Å². The number of aromatic carboxylic acids is 1. The van der Waals surface area contributed by atoms with E-state index in [-0.39, 0.29) is 10.7 Å². The summed E-state index contributed by atoms with van der Waals surface area (Å²) in [4.78, 5) is 15.1. The van der Waals surface area contributed by atoms with Gasteiger partial charge in [0.15, 0.2) is 5.82 Å². The largest absolute Gasteiger partial charge is 0.478 e. The lowest BCUT2D eigenvalue weighted by molar-refractivity contribution is 0.0696. The summed E-state index contributed by atoms with van der Waals surface area (Å²) in [5.41, 5.74) is 1.71. The molecule has 2 rings (SSSR count). The van der Waals surface area contributed by atoms with Crippen LogP contribution in [0.2, 0.25) is 5.15 Å². The first kappa shape index (κ1) is 13.0. The molecule has 0 fully saturated rings. The van der Waals surface area contributed by atoms with Gasteiger partial charge in [0.05, 0.1) is 21.4 Å². The molecule has 0 bridgehead atoms. The summed E-state index contributed by atoms with van der Waals surface area (Å²) < 4.78 is 2.42. The molecule has 0 aliphatic carbocycles. The van der Waals surface area contributed by atoms with E-state index in [1.807, 2.05) is 13.8 Å². The zero-order valence-electron chi connectivity index (χ0n) is 9.61. The molecule has 0 saturated carbocycles. The minimum atomic E-state index is -1.05. The van der Waals surface area contributed by atoms with Crippen LogP contribution in [0.1, 0.15) is 21.7 Å². The van der Waals surface area contributed by atoms with Gasteiger partial charge in [-0.1, -0.05) is 11.6 Å². The highest BCUT2D eigenvalue weighted by molar-refractivity contribution is 9.10. The highest BCUT2D eigenvalue weighted by Gasteiger charge is 2.14. The molecule has 2 aromatic heterocycles. The second-order valence-corrected chi connectivity index (χ2v) is 4.92. The van der Waals surface area contributed by atoms with E-state index >= 15 is 0 Å². The van der Waals surface area contributed by atoms with Crippen molar-refractivity contribution in [3.63, 3.8) is 0 Å². The van der Waals surface area contributed by atoms with Gasteiger partial charge in [-0.3, -0.25) is 0 Å². The predicted molar refractivity (Wildman–Crippen MR) is 70.5 cm³/mol. The fourth-order valence-electron chi connectivity index (χ4n) is 1.56. The molecule has 0 amide bonds. The quantitative estimate of drug-likeness (QED) is 0.860. The Kier molecular flexibility index (Phi) is 3.41. The molecule has 0 unspecified atom stereocenters. The second kappa shape index (κ2) is 4.70. The fraction of sp³-hybridized carbons (Fsp3) is 0.182. The third-order valence-corrected chi connectivity index (χ3v) is 3.79. The van der Waals surface area contributed by atoms with Crippen molar-refractivity contribution < 1.29 is 9.90 Å². The molecule has 0 spiro atoms. The molecule has 18 heavy (non-hydrogen) atoms. The van der Waals surface area contributed by atoms with Gasteiger partial charge in [-0.25, -0.2) is 14.5 Å². The molecule has 7 heteroatoms. The summed E-state index contributed by atoms with van der Waals surface area (Å²) >= 11 is 9.22. The molecule has 0 aliphatic heterocycles. The lowest BCUT2D eigenvalue weighted by Crippen LogP contribution is -2.05. The molecule has 94 valence electrons. The maximum absolute atomic E-state index is 11.0. The average Bonchev–Trinajstić information content (AvgIpc) is 2.56. The summed E-state index contributed by atoms with van der Waals surface area (Å²) in [5, 5.41) is 13.4. The molecule has 0 saturated heterocycles. The number of rotatable bonds is 2.